The molecule has 0 unspecified atom stereocenters. The molecule has 170 valence electrons. The number of nitrogens with zero attached hydrogens (tertiary/aromatic N) is 3. The summed E-state index contributed by atoms with van der Waals surface area (Å²) in [7, 11) is -3.61. The van der Waals surface area contributed by atoms with Gasteiger partial charge in [0.05, 0.1) is 0 Å². The highest BCUT2D eigenvalue weighted by Gasteiger charge is 2.36. The van der Waals surface area contributed by atoms with Crippen molar-refractivity contribution in [3.63, 3.8) is 0 Å². The monoisotopic (exact) mass is 440 g/mol. The van der Waals surface area contributed by atoms with Crippen molar-refractivity contribution in [2.24, 2.45) is 11.8 Å². The van der Waals surface area contributed by atoms with E-state index in [0.29, 0.717) is 43.9 Å². The average molecular weight is 441 g/mol. The lowest BCUT2D eigenvalue weighted by atomic mass is 9.85. The van der Waals surface area contributed by atoms with E-state index in [1.54, 1.807) is 13.8 Å². The third-order valence-electron chi connectivity index (χ3n) is 6.61. The zero-order valence-electron chi connectivity index (χ0n) is 18.5. The Morgan fingerprint density at radius 1 is 1.13 bits per heavy atom. The van der Waals surface area contributed by atoms with Crippen LogP contribution in [-0.4, -0.2) is 68.0 Å². The molecule has 1 atom stereocenters. The van der Waals surface area contributed by atoms with Crippen LogP contribution in [0.5, 0.6) is 0 Å². The summed E-state index contributed by atoms with van der Waals surface area (Å²) in [6.45, 7) is 9.92. The van der Waals surface area contributed by atoms with Crippen molar-refractivity contribution in [2.45, 2.75) is 64.2 Å². The Hall–Kier alpha value is -1.45. The van der Waals surface area contributed by atoms with Gasteiger partial charge in [0.25, 0.3) is 0 Å². The second-order valence-electron chi connectivity index (χ2n) is 8.73. The number of carbonyl (C=O) groups excluding carboxylic acids is 1. The van der Waals surface area contributed by atoms with Crippen LogP contribution in [0.4, 0.5) is 0 Å². The first kappa shape index (κ1) is 23.2. The van der Waals surface area contributed by atoms with Gasteiger partial charge in [-0.15, -0.1) is 0 Å². The molecule has 8 nitrogen and oxygen atoms in total. The number of aromatic nitrogens is 1. The summed E-state index contributed by atoms with van der Waals surface area (Å²) in [5, 5.41) is 6.87. The Morgan fingerprint density at radius 3 is 2.33 bits per heavy atom. The maximum atomic E-state index is 13.0. The Balaban J connectivity index is 1.46. The lowest BCUT2D eigenvalue weighted by molar-refractivity contribution is -0.126. The van der Waals surface area contributed by atoms with E-state index in [1.165, 1.54) is 30.0 Å². The first-order chi connectivity index (χ1) is 14.3. The van der Waals surface area contributed by atoms with Crippen LogP contribution < -0.4 is 5.32 Å². The van der Waals surface area contributed by atoms with Crippen LogP contribution in [0.15, 0.2) is 9.42 Å². The van der Waals surface area contributed by atoms with Gasteiger partial charge in [-0.05, 0) is 58.5 Å². The summed E-state index contributed by atoms with van der Waals surface area (Å²) in [6.07, 6.45) is 6.49. The van der Waals surface area contributed by atoms with Crippen molar-refractivity contribution in [3.05, 3.63) is 11.5 Å². The van der Waals surface area contributed by atoms with Crippen LogP contribution >= 0.6 is 0 Å². The predicted molar refractivity (Wildman–Crippen MR) is 115 cm³/mol. The minimum atomic E-state index is -3.61. The lowest BCUT2D eigenvalue weighted by Crippen LogP contribution is -2.44. The second-order valence-corrected chi connectivity index (χ2v) is 10.6. The zero-order chi connectivity index (χ0) is 21.7. The van der Waals surface area contributed by atoms with Crippen molar-refractivity contribution in [1.29, 1.82) is 0 Å². The van der Waals surface area contributed by atoms with Gasteiger partial charge in [0.15, 0.2) is 5.76 Å². The number of piperidine rings is 1. The van der Waals surface area contributed by atoms with Gasteiger partial charge in [-0.2, -0.15) is 4.31 Å². The lowest BCUT2D eigenvalue weighted by Gasteiger charge is -2.33. The van der Waals surface area contributed by atoms with Crippen LogP contribution in [0.2, 0.25) is 0 Å². The quantitative estimate of drug-likeness (QED) is 0.699. The van der Waals surface area contributed by atoms with E-state index in [0.717, 1.165) is 19.6 Å². The molecular weight excluding hydrogens is 404 g/mol. The van der Waals surface area contributed by atoms with Gasteiger partial charge in [0.2, 0.25) is 15.9 Å². The number of rotatable bonds is 7. The molecule has 2 saturated heterocycles. The molecule has 3 heterocycles. The fraction of sp³-hybridized carbons (Fsp3) is 0.810. The van der Waals surface area contributed by atoms with Crippen molar-refractivity contribution >= 4 is 15.9 Å². The molecule has 0 aromatic carbocycles. The Kier molecular flexibility index (Phi) is 7.92. The van der Waals surface area contributed by atoms with Gasteiger partial charge >= 0.3 is 0 Å². The van der Waals surface area contributed by atoms with E-state index in [4.69, 9.17) is 4.52 Å². The molecule has 2 fully saturated rings. The number of aryl methyl sites for hydroxylation is 2. The summed E-state index contributed by atoms with van der Waals surface area (Å²) < 4.78 is 32.5. The summed E-state index contributed by atoms with van der Waals surface area (Å²) in [5.41, 5.74) is 0.395. The molecule has 0 saturated carbocycles. The van der Waals surface area contributed by atoms with Gasteiger partial charge in [0, 0.05) is 32.1 Å². The fourth-order valence-electron chi connectivity index (χ4n) is 4.66. The van der Waals surface area contributed by atoms with Gasteiger partial charge in [-0.1, -0.05) is 24.9 Å². The van der Waals surface area contributed by atoms with E-state index in [2.05, 4.69) is 15.4 Å². The molecular formula is C21H36N4O4S. The normalized spacial score (nSPS) is 21.3. The van der Waals surface area contributed by atoms with Crippen molar-refractivity contribution in [1.82, 2.24) is 19.7 Å². The van der Waals surface area contributed by atoms with Gasteiger partial charge in [-0.25, -0.2) is 8.42 Å². The number of sulfonamides is 1. The van der Waals surface area contributed by atoms with Crippen LogP contribution in [-0.2, 0) is 14.8 Å². The van der Waals surface area contributed by atoms with Crippen LogP contribution in [0.1, 0.15) is 56.9 Å². The molecule has 3 rings (SSSR count). The van der Waals surface area contributed by atoms with Crippen molar-refractivity contribution in [3.8, 4) is 0 Å². The third kappa shape index (κ3) is 5.42. The molecule has 0 bridgehead atoms. The minimum absolute atomic E-state index is 0.0804. The van der Waals surface area contributed by atoms with E-state index in [-0.39, 0.29) is 22.6 Å². The third-order valence-corrected chi connectivity index (χ3v) is 8.75. The summed E-state index contributed by atoms with van der Waals surface area (Å²) >= 11 is 0. The summed E-state index contributed by atoms with van der Waals surface area (Å²) in [4.78, 5) is 15.2. The number of amides is 1. The highest BCUT2D eigenvalue weighted by atomic mass is 32.2. The Labute approximate surface area is 180 Å². The largest absolute Gasteiger partial charge is 0.360 e. The topological polar surface area (TPSA) is 95.8 Å². The SMILES string of the molecule is Cc1noc(C)c1S(=O)(=O)N1CCC([C@H](C)C(=O)NCCN2CCCCCC2)CC1. The average Bonchev–Trinajstić information content (AvgIpc) is 2.92. The molecule has 1 aromatic rings. The van der Waals surface area contributed by atoms with E-state index in [1.807, 2.05) is 6.92 Å². The maximum Gasteiger partial charge on any atom is 0.248 e. The minimum Gasteiger partial charge on any atom is -0.360 e. The molecule has 2 aliphatic rings. The number of nitrogens with one attached hydrogen (secondary N) is 1. The smallest absolute Gasteiger partial charge is 0.248 e. The molecule has 0 radical (unpaired) electrons. The molecule has 1 aromatic heterocycles. The predicted octanol–water partition coefficient (Wildman–Crippen LogP) is 2.32. The highest BCUT2D eigenvalue weighted by molar-refractivity contribution is 7.89. The van der Waals surface area contributed by atoms with E-state index >= 15 is 0 Å². The molecule has 0 aliphatic carbocycles. The molecule has 0 spiro atoms. The first-order valence-electron chi connectivity index (χ1n) is 11.2. The molecule has 1 amide bonds. The zero-order valence-corrected chi connectivity index (χ0v) is 19.3. The molecule has 30 heavy (non-hydrogen) atoms. The van der Waals surface area contributed by atoms with Crippen LogP contribution in [0.25, 0.3) is 0 Å². The van der Waals surface area contributed by atoms with Crippen LogP contribution in [0, 0.1) is 25.7 Å². The molecule has 9 heteroatoms. The molecule has 1 N–H and O–H groups in total. The van der Waals surface area contributed by atoms with E-state index in [9.17, 15) is 13.2 Å². The van der Waals surface area contributed by atoms with Crippen LogP contribution in [0.3, 0.4) is 0 Å². The fourth-order valence-corrected chi connectivity index (χ4v) is 6.42. The number of hydrogen-bond donors (Lipinski definition) is 1. The first-order valence-corrected chi connectivity index (χ1v) is 12.7. The van der Waals surface area contributed by atoms with Gasteiger partial charge in [-0.3, -0.25) is 4.79 Å². The standard InChI is InChI=1S/C21H36N4O4S/c1-16(21(26)22-10-15-24-11-6-4-5-7-12-24)19-8-13-25(14-9-19)30(27,28)20-17(2)23-29-18(20)3/h16,19H,4-15H2,1-3H3,(H,22,26)/t16-/m0/s1. The second kappa shape index (κ2) is 10.2. The maximum absolute atomic E-state index is 13.0. The Bertz CT molecular complexity index is 787. The van der Waals surface area contributed by atoms with Crippen molar-refractivity contribution in [2.75, 3.05) is 39.3 Å². The van der Waals surface area contributed by atoms with Gasteiger partial charge < -0.3 is 14.7 Å². The number of carbonyl (C=O) groups is 1. The molecule has 2 aliphatic heterocycles. The number of likely N-dealkylation sites (tertiary alicyclic amines) is 1. The van der Waals surface area contributed by atoms with Crippen molar-refractivity contribution < 1.29 is 17.7 Å². The summed E-state index contributed by atoms with van der Waals surface area (Å²) in [5.74, 6) is 0.487. The summed E-state index contributed by atoms with van der Waals surface area (Å²) in [6, 6.07) is 0. The van der Waals surface area contributed by atoms with E-state index < -0.39 is 10.0 Å². The number of hydrogen-bond acceptors (Lipinski definition) is 6. The Morgan fingerprint density at radius 2 is 1.77 bits per heavy atom. The highest BCUT2D eigenvalue weighted by Crippen LogP contribution is 2.30. The van der Waals surface area contributed by atoms with Gasteiger partial charge in [0.1, 0.15) is 10.6 Å².